The third-order valence-electron chi connectivity index (χ3n) is 10.1. The summed E-state index contributed by atoms with van der Waals surface area (Å²) in [6.45, 7) is 0. The lowest BCUT2D eigenvalue weighted by Gasteiger charge is -2.26. The molecule has 0 amide bonds. The fourth-order valence-corrected chi connectivity index (χ4v) is 10.1. The van der Waals surface area contributed by atoms with E-state index in [0.29, 0.717) is 0 Å². The van der Waals surface area contributed by atoms with Crippen molar-refractivity contribution >= 4 is 99.2 Å². The van der Waals surface area contributed by atoms with E-state index in [1.54, 1.807) is 0 Å². The minimum Gasteiger partial charge on any atom is -0.309 e. The fraction of sp³-hybridized carbons (Fsp3) is 0.0417. The van der Waals surface area contributed by atoms with Gasteiger partial charge in [0.05, 0.1) is 20.8 Å². The second kappa shape index (κ2) is 13.0. The second-order valence-corrected chi connectivity index (χ2v) is 15.3. The molecule has 0 saturated carbocycles. The van der Waals surface area contributed by atoms with E-state index in [2.05, 4.69) is 192 Å². The molecule has 0 spiro atoms. The van der Waals surface area contributed by atoms with Crippen LogP contribution in [0.15, 0.2) is 170 Å². The number of hydrogen-bond donors (Lipinski definition) is 0. The van der Waals surface area contributed by atoms with Gasteiger partial charge in [-0.05, 0) is 95.9 Å². The topological polar surface area (TPSA) is 6.48 Å². The van der Waals surface area contributed by atoms with Crippen LogP contribution in [0.2, 0.25) is 0 Å². The monoisotopic (exact) mass is 702 g/mol. The molecule has 0 bridgehead atoms. The Bertz CT molecular complexity index is 2830. The quantitative estimate of drug-likeness (QED) is 0.163. The van der Waals surface area contributed by atoms with E-state index in [4.69, 9.17) is 0 Å². The van der Waals surface area contributed by atoms with Crippen molar-refractivity contribution in [1.82, 2.24) is 0 Å². The van der Waals surface area contributed by atoms with Crippen LogP contribution in [0.25, 0.3) is 53.5 Å². The average molecular weight is 703 g/mol. The summed E-state index contributed by atoms with van der Waals surface area (Å²) < 4.78 is 5.34. The molecule has 0 radical (unpaired) electrons. The highest BCUT2D eigenvalue weighted by molar-refractivity contribution is 7.26. The maximum absolute atomic E-state index is 2.41. The molecule has 4 heteroatoms. The molecule has 2 aromatic heterocycles. The first-order valence-corrected chi connectivity index (χ1v) is 19.5. The number of nitrogens with zero attached hydrogens (tertiary/aromatic N) is 2. The lowest BCUT2D eigenvalue weighted by Crippen LogP contribution is -2.20. The molecule has 0 N–H and O–H groups in total. The van der Waals surface area contributed by atoms with E-state index >= 15 is 0 Å². The highest BCUT2D eigenvalue weighted by atomic mass is 32.1. The summed E-state index contributed by atoms with van der Waals surface area (Å²) in [5, 5.41) is 5.35. The van der Waals surface area contributed by atoms with E-state index < -0.39 is 0 Å². The van der Waals surface area contributed by atoms with Crippen LogP contribution in [0.1, 0.15) is 12.8 Å². The zero-order valence-electron chi connectivity index (χ0n) is 28.4. The molecule has 0 atom stereocenters. The summed E-state index contributed by atoms with van der Waals surface area (Å²) >= 11 is 3.78. The Morgan fingerprint density at radius 1 is 0.365 bits per heavy atom. The average Bonchev–Trinajstić information content (AvgIpc) is 3.79. The molecular weight excluding hydrogens is 669 g/mol. The van der Waals surface area contributed by atoms with Gasteiger partial charge in [0.15, 0.2) is 0 Å². The van der Waals surface area contributed by atoms with Crippen molar-refractivity contribution in [3.63, 3.8) is 0 Å². The van der Waals surface area contributed by atoms with E-state index in [0.717, 1.165) is 35.6 Å². The molecule has 248 valence electrons. The standard InChI is InChI=1S/C48H34N2S2/c1-3-13-35(14-4-1)49(43-21-11-19-41-39-17-7-9-23-45(39)51-47(41)43)37-29-25-33(26-30-37)34-27-31-38(32-28-34)50(36-15-5-2-6-16-36)44-22-12-20-42-40-18-8-10-24-46(40)52-48(42)44/h1-7,9,11-32H,8,10H2. The van der Waals surface area contributed by atoms with Crippen LogP contribution in [0.3, 0.4) is 0 Å². The van der Waals surface area contributed by atoms with Crippen molar-refractivity contribution in [2.75, 3.05) is 9.80 Å². The maximum Gasteiger partial charge on any atom is 0.0640 e. The van der Waals surface area contributed by atoms with Gasteiger partial charge >= 0.3 is 0 Å². The van der Waals surface area contributed by atoms with Crippen molar-refractivity contribution in [2.24, 2.45) is 0 Å². The van der Waals surface area contributed by atoms with Gasteiger partial charge < -0.3 is 9.80 Å². The molecule has 7 aromatic carbocycles. The summed E-state index contributed by atoms with van der Waals surface area (Å²) in [4.78, 5) is 4.80. The van der Waals surface area contributed by atoms with Gasteiger partial charge in [-0.25, -0.2) is 0 Å². The number of rotatable bonds is 7. The van der Waals surface area contributed by atoms with Crippen LogP contribution >= 0.6 is 22.7 Å². The van der Waals surface area contributed by atoms with E-state index in [1.807, 2.05) is 22.7 Å². The van der Waals surface area contributed by atoms with Gasteiger partial charge in [0.1, 0.15) is 0 Å². The SMILES string of the molecule is C1=c2sc3c(N(c4ccccc4)c4ccc(-c5ccc(N(c6ccccc6)c6cccc7c6sc6ccccc67)cc5)cc4)cccc3c2=CCC1. The maximum atomic E-state index is 2.41. The molecule has 2 heterocycles. The third-order valence-corrected chi connectivity index (χ3v) is 12.5. The number of para-hydroxylation sites is 2. The molecule has 0 unspecified atom stereocenters. The zero-order valence-corrected chi connectivity index (χ0v) is 30.1. The Morgan fingerprint density at radius 2 is 0.846 bits per heavy atom. The van der Waals surface area contributed by atoms with Crippen LogP contribution < -0.4 is 19.6 Å². The van der Waals surface area contributed by atoms with Gasteiger partial charge in [0, 0.05) is 48.1 Å². The summed E-state index contributed by atoms with van der Waals surface area (Å²) in [6.07, 6.45) is 7.04. The molecule has 52 heavy (non-hydrogen) atoms. The predicted octanol–water partition coefficient (Wildman–Crippen LogP) is 13.2. The number of thiophene rings is 2. The molecular formula is C48H34N2S2. The van der Waals surface area contributed by atoms with Crippen LogP contribution in [0.4, 0.5) is 34.1 Å². The van der Waals surface area contributed by atoms with Gasteiger partial charge in [0.25, 0.3) is 0 Å². The highest BCUT2D eigenvalue weighted by Gasteiger charge is 2.20. The van der Waals surface area contributed by atoms with Crippen LogP contribution in [-0.2, 0) is 0 Å². The molecule has 0 saturated heterocycles. The Balaban J connectivity index is 1.03. The first kappa shape index (κ1) is 30.8. The summed E-state index contributed by atoms with van der Waals surface area (Å²) in [6, 6.07) is 61.7. The smallest absolute Gasteiger partial charge is 0.0640 e. The normalized spacial score (nSPS) is 12.4. The summed E-state index contributed by atoms with van der Waals surface area (Å²) in [5.41, 5.74) is 9.36. The largest absolute Gasteiger partial charge is 0.309 e. The van der Waals surface area contributed by atoms with Crippen molar-refractivity contribution in [3.8, 4) is 11.1 Å². The van der Waals surface area contributed by atoms with Gasteiger partial charge in [-0.2, -0.15) is 0 Å². The Hall–Kier alpha value is -5.94. The molecule has 0 fully saturated rings. The van der Waals surface area contributed by atoms with E-state index in [9.17, 15) is 0 Å². The lowest BCUT2D eigenvalue weighted by atomic mass is 10.0. The summed E-state index contributed by atoms with van der Waals surface area (Å²) in [5.74, 6) is 0. The second-order valence-electron chi connectivity index (χ2n) is 13.2. The van der Waals surface area contributed by atoms with Crippen molar-refractivity contribution in [3.05, 3.63) is 180 Å². The first-order valence-electron chi connectivity index (χ1n) is 17.8. The third kappa shape index (κ3) is 5.31. The predicted molar refractivity (Wildman–Crippen MR) is 227 cm³/mol. The Morgan fingerprint density at radius 3 is 1.46 bits per heavy atom. The molecule has 1 aliphatic rings. The van der Waals surface area contributed by atoms with Gasteiger partial charge in [-0.1, -0.05) is 115 Å². The Labute approximate surface area is 311 Å². The fourth-order valence-electron chi connectivity index (χ4n) is 7.65. The molecule has 0 aliphatic heterocycles. The minimum atomic E-state index is 1.11. The van der Waals surface area contributed by atoms with Crippen molar-refractivity contribution in [2.45, 2.75) is 12.8 Å². The number of anilines is 6. The Kier molecular flexibility index (Phi) is 7.71. The van der Waals surface area contributed by atoms with Crippen molar-refractivity contribution in [1.29, 1.82) is 0 Å². The van der Waals surface area contributed by atoms with E-state index in [1.165, 1.54) is 62.5 Å². The summed E-state index contributed by atoms with van der Waals surface area (Å²) in [7, 11) is 0. The number of hydrogen-bond acceptors (Lipinski definition) is 4. The lowest BCUT2D eigenvalue weighted by molar-refractivity contribution is 1.13. The van der Waals surface area contributed by atoms with Crippen molar-refractivity contribution < 1.29 is 0 Å². The van der Waals surface area contributed by atoms with Crippen LogP contribution in [-0.4, -0.2) is 0 Å². The van der Waals surface area contributed by atoms with Crippen LogP contribution in [0, 0.1) is 0 Å². The van der Waals surface area contributed by atoms with Crippen LogP contribution in [0.5, 0.6) is 0 Å². The zero-order chi connectivity index (χ0) is 34.4. The van der Waals surface area contributed by atoms with E-state index in [-0.39, 0.29) is 0 Å². The molecule has 9 aromatic rings. The minimum absolute atomic E-state index is 1.11. The van der Waals surface area contributed by atoms with Gasteiger partial charge in [-0.15, -0.1) is 22.7 Å². The van der Waals surface area contributed by atoms with Gasteiger partial charge in [-0.3, -0.25) is 0 Å². The van der Waals surface area contributed by atoms with Gasteiger partial charge in [0.2, 0.25) is 0 Å². The first-order chi connectivity index (χ1) is 25.8. The molecule has 2 nitrogen and oxygen atoms in total. The molecule has 1 aliphatic carbocycles. The highest BCUT2D eigenvalue weighted by Crippen LogP contribution is 2.45. The number of fused-ring (bicyclic) bond motifs is 6. The molecule has 10 rings (SSSR count). The number of benzene rings is 7.